The summed E-state index contributed by atoms with van der Waals surface area (Å²) >= 11 is 0. The Morgan fingerprint density at radius 1 is 1.24 bits per heavy atom. The maximum atomic E-state index is 12.8. The molecule has 5 heteroatoms. The quantitative estimate of drug-likeness (QED) is 0.814. The average molecular weight is 334 g/mol. The number of fused-ring (bicyclic) bond motifs is 3. The second kappa shape index (κ2) is 6.33. The van der Waals surface area contributed by atoms with Crippen molar-refractivity contribution in [2.45, 2.75) is 12.1 Å². The number of nitrogens with zero attached hydrogens (tertiary/aromatic N) is 2. The monoisotopic (exact) mass is 334 g/mol. The summed E-state index contributed by atoms with van der Waals surface area (Å²) < 4.78 is 0. The molecule has 128 valence electrons. The largest absolute Gasteiger partial charge is 0.374 e. The topological polar surface area (TPSA) is 56.7 Å². The molecule has 2 N–H and O–H groups in total. The van der Waals surface area contributed by atoms with Crippen molar-refractivity contribution in [3.8, 4) is 0 Å². The molecule has 2 heterocycles. The molecule has 0 radical (unpaired) electrons. The van der Waals surface area contributed by atoms with Crippen LogP contribution in [-0.2, 0) is 4.79 Å². The first-order chi connectivity index (χ1) is 12.1. The number of dihydropyridines is 1. The van der Waals surface area contributed by atoms with Crippen molar-refractivity contribution in [3.63, 3.8) is 0 Å². The Hall–Kier alpha value is -2.66. The van der Waals surface area contributed by atoms with Crippen LogP contribution in [0.5, 0.6) is 0 Å². The zero-order valence-electron chi connectivity index (χ0n) is 14.5. The maximum Gasteiger partial charge on any atom is 0.249 e. The highest BCUT2D eigenvalue weighted by molar-refractivity contribution is 5.98. The second-order valence-corrected chi connectivity index (χ2v) is 6.78. The van der Waals surface area contributed by atoms with Crippen LogP contribution in [0.25, 0.3) is 0 Å². The first-order valence-corrected chi connectivity index (χ1v) is 8.59. The Morgan fingerprint density at radius 2 is 2.08 bits per heavy atom. The highest BCUT2D eigenvalue weighted by atomic mass is 16.1. The molecule has 0 bridgehead atoms. The van der Waals surface area contributed by atoms with Crippen molar-refractivity contribution in [2.75, 3.05) is 27.2 Å². The van der Waals surface area contributed by atoms with Crippen molar-refractivity contribution >= 4 is 12.1 Å². The van der Waals surface area contributed by atoms with E-state index in [4.69, 9.17) is 0 Å². The lowest BCUT2D eigenvalue weighted by Gasteiger charge is -2.26. The molecular weight excluding hydrogens is 312 g/mol. The zero-order chi connectivity index (χ0) is 17.4. The summed E-state index contributed by atoms with van der Waals surface area (Å²) in [5.74, 6) is -0.0391. The smallest absolute Gasteiger partial charge is 0.249 e. The van der Waals surface area contributed by atoms with Crippen molar-refractivity contribution in [1.82, 2.24) is 15.5 Å². The molecule has 5 nitrogen and oxygen atoms in total. The summed E-state index contributed by atoms with van der Waals surface area (Å²) in [6.45, 7) is 1.43. The van der Waals surface area contributed by atoms with E-state index in [9.17, 15) is 4.79 Å². The Bertz CT molecular complexity index is 821. The normalized spacial score (nSPS) is 25.6. The minimum Gasteiger partial charge on any atom is -0.374 e. The van der Waals surface area contributed by atoms with E-state index in [0.717, 1.165) is 23.4 Å². The van der Waals surface area contributed by atoms with Gasteiger partial charge in [0.15, 0.2) is 0 Å². The van der Waals surface area contributed by atoms with Gasteiger partial charge in [-0.05, 0) is 31.8 Å². The van der Waals surface area contributed by atoms with Crippen molar-refractivity contribution in [3.05, 3.63) is 70.5 Å². The van der Waals surface area contributed by atoms with E-state index in [1.807, 2.05) is 32.3 Å². The fraction of sp³-hybridized carbons (Fsp3) is 0.300. The fourth-order valence-electron chi connectivity index (χ4n) is 3.54. The molecule has 0 aromatic rings. The van der Waals surface area contributed by atoms with Crippen LogP contribution in [0.3, 0.4) is 0 Å². The van der Waals surface area contributed by atoms with Gasteiger partial charge in [-0.25, -0.2) is 0 Å². The Labute approximate surface area is 147 Å². The second-order valence-electron chi connectivity index (χ2n) is 6.78. The van der Waals surface area contributed by atoms with Gasteiger partial charge in [0.25, 0.3) is 0 Å². The van der Waals surface area contributed by atoms with E-state index >= 15 is 0 Å². The summed E-state index contributed by atoms with van der Waals surface area (Å²) in [7, 11) is 3.99. The van der Waals surface area contributed by atoms with Crippen LogP contribution >= 0.6 is 0 Å². The first kappa shape index (κ1) is 15.8. The Balaban J connectivity index is 1.69. The van der Waals surface area contributed by atoms with Gasteiger partial charge in [0.05, 0.1) is 6.04 Å². The predicted molar refractivity (Wildman–Crippen MR) is 100 cm³/mol. The molecular formula is C20H22N4O. The number of nitrogens with one attached hydrogen (secondary N) is 2. The van der Waals surface area contributed by atoms with Gasteiger partial charge in [-0.1, -0.05) is 30.4 Å². The number of rotatable bonds is 4. The number of hydrogen-bond donors (Lipinski definition) is 2. The van der Waals surface area contributed by atoms with E-state index in [1.54, 1.807) is 6.21 Å². The molecule has 0 aromatic heterocycles. The van der Waals surface area contributed by atoms with Gasteiger partial charge in [-0.15, -0.1) is 0 Å². The van der Waals surface area contributed by atoms with Crippen molar-refractivity contribution < 1.29 is 4.79 Å². The molecule has 0 aromatic carbocycles. The summed E-state index contributed by atoms with van der Waals surface area (Å²) in [6.07, 6.45) is 16.1. The predicted octanol–water partition coefficient (Wildman–Crippen LogP) is 1.26. The van der Waals surface area contributed by atoms with Crippen LogP contribution in [0, 0.1) is 0 Å². The molecule has 0 spiro atoms. The minimum absolute atomic E-state index is 0.0391. The van der Waals surface area contributed by atoms with Crippen molar-refractivity contribution in [1.29, 1.82) is 0 Å². The summed E-state index contributed by atoms with van der Waals surface area (Å²) in [5, 5.41) is 6.60. The minimum atomic E-state index is -0.232. The van der Waals surface area contributed by atoms with Crippen LogP contribution in [0.2, 0.25) is 0 Å². The molecule has 2 aliphatic carbocycles. The van der Waals surface area contributed by atoms with Gasteiger partial charge < -0.3 is 15.5 Å². The molecule has 0 fully saturated rings. The van der Waals surface area contributed by atoms with E-state index < -0.39 is 0 Å². The third kappa shape index (κ3) is 2.81. The SMILES string of the molecule is CN(C)CCNC(=O)C1=CC2=C3C=CC=CC3NC2=C2C=CC=NC12. The fourth-order valence-corrected chi connectivity index (χ4v) is 3.54. The Morgan fingerprint density at radius 3 is 2.92 bits per heavy atom. The third-order valence-corrected chi connectivity index (χ3v) is 4.79. The number of carbonyl (C=O) groups excluding carboxylic acids is 1. The lowest BCUT2D eigenvalue weighted by atomic mass is 9.85. The van der Waals surface area contributed by atoms with E-state index in [2.05, 4.69) is 44.8 Å². The van der Waals surface area contributed by atoms with E-state index in [-0.39, 0.29) is 18.0 Å². The number of amides is 1. The lowest BCUT2D eigenvalue weighted by molar-refractivity contribution is -0.117. The summed E-state index contributed by atoms with van der Waals surface area (Å²) in [4.78, 5) is 19.4. The highest BCUT2D eigenvalue weighted by Gasteiger charge is 2.36. The van der Waals surface area contributed by atoms with Crippen LogP contribution < -0.4 is 10.6 Å². The van der Waals surface area contributed by atoms with Gasteiger partial charge in [-0.2, -0.15) is 0 Å². The van der Waals surface area contributed by atoms with Crippen molar-refractivity contribution in [2.24, 2.45) is 4.99 Å². The highest BCUT2D eigenvalue weighted by Crippen LogP contribution is 2.39. The number of hydrogen-bond acceptors (Lipinski definition) is 4. The van der Waals surface area contributed by atoms with Crippen LogP contribution in [0.15, 0.2) is 75.5 Å². The van der Waals surface area contributed by atoms with Gasteiger partial charge >= 0.3 is 0 Å². The van der Waals surface area contributed by atoms with Gasteiger partial charge in [0, 0.05) is 41.7 Å². The molecule has 4 aliphatic rings. The zero-order valence-corrected chi connectivity index (χ0v) is 14.5. The summed E-state index contributed by atoms with van der Waals surface area (Å²) in [6, 6.07) is -0.0563. The van der Waals surface area contributed by atoms with E-state index in [1.165, 1.54) is 5.57 Å². The molecule has 0 saturated heterocycles. The number of aliphatic imine (C=N–C) groups is 1. The molecule has 2 atom stereocenters. The number of carbonyl (C=O) groups is 1. The molecule has 2 aliphatic heterocycles. The first-order valence-electron chi connectivity index (χ1n) is 8.59. The number of likely N-dealkylation sites (N-methyl/N-ethyl adjacent to an activating group) is 1. The van der Waals surface area contributed by atoms with E-state index in [0.29, 0.717) is 12.1 Å². The standard InChI is InChI=1S/C20H22N4O/c1-24(2)11-10-22-20(25)16-12-15-13-6-3-4-8-17(13)23-19(15)14-7-5-9-21-18(14)16/h3-9,12,17-18,23H,10-11H2,1-2H3,(H,22,25). The Kier molecular flexibility index (Phi) is 4.01. The van der Waals surface area contributed by atoms with Crippen LogP contribution in [-0.4, -0.2) is 56.3 Å². The third-order valence-electron chi connectivity index (χ3n) is 4.79. The van der Waals surface area contributed by atoms with Gasteiger partial charge in [0.2, 0.25) is 5.91 Å². The van der Waals surface area contributed by atoms with Crippen LogP contribution in [0.1, 0.15) is 0 Å². The molecule has 1 amide bonds. The summed E-state index contributed by atoms with van der Waals surface area (Å²) in [5.41, 5.74) is 5.20. The maximum absolute atomic E-state index is 12.8. The molecule has 25 heavy (non-hydrogen) atoms. The molecule has 2 unspecified atom stereocenters. The average Bonchev–Trinajstić information content (AvgIpc) is 2.99. The number of allylic oxidation sites excluding steroid dienone is 4. The van der Waals surface area contributed by atoms with Crippen LogP contribution in [0.4, 0.5) is 0 Å². The van der Waals surface area contributed by atoms with Gasteiger partial charge in [-0.3, -0.25) is 9.79 Å². The van der Waals surface area contributed by atoms with Gasteiger partial charge in [0.1, 0.15) is 6.04 Å². The molecule has 4 rings (SSSR count). The molecule has 0 saturated carbocycles. The lowest BCUT2D eigenvalue weighted by Crippen LogP contribution is -2.37.